The van der Waals surface area contributed by atoms with E-state index in [1.165, 1.54) is 13.2 Å². The van der Waals surface area contributed by atoms with Crippen LogP contribution in [0, 0.1) is 5.82 Å². The van der Waals surface area contributed by atoms with Crippen LogP contribution in [-0.2, 0) is 11.3 Å². The van der Waals surface area contributed by atoms with Gasteiger partial charge in [0.25, 0.3) is 5.91 Å². The Morgan fingerprint density at radius 1 is 1.14 bits per heavy atom. The first kappa shape index (κ1) is 19.8. The maximum atomic E-state index is 13.8. The first-order valence-corrected chi connectivity index (χ1v) is 9.38. The zero-order chi connectivity index (χ0) is 20.1. The molecule has 3 aromatic carbocycles. The zero-order valence-corrected chi connectivity index (χ0v) is 16.5. The third kappa shape index (κ3) is 4.67. The topological polar surface area (TPSA) is 42.8 Å². The van der Waals surface area contributed by atoms with Crippen molar-refractivity contribution in [1.29, 1.82) is 0 Å². The number of likely N-dealkylation sites (N-methyl/N-ethyl adjacent to an activating group) is 1. The molecule has 1 amide bonds. The molecule has 0 heterocycles. The normalized spacial score (nSPS) is 13.1. The van der Waals surface area contributed by atoms with Crippen LogP contribution in [0.4, 0.5) is 4.39 Å². The summed E-state index contributed by atoms with van der Waals surface area (Å²) < 4.78 is 18.8. The van der Waals surface area contributed by atoms with Crippen LogP contribution in [0.1, 0.15) is 24.1 Å². The van der Waals surface area contributed by atoms with Crippen LogP contribution < -0.4 is 15.0 Å². The minimum atomic E-state index is -0.387. The molecule has 0 spiro atoms. The van der Waals surface area contributed by atoms with Crippen molar-refractivity contribution in [2.75, 3.05) is 20.7 Å². The minimum absolute atomic E-state index is 0.0353. The van der Waals surface area contributed by atoms with Crippen molar-refractivity contribution in [2.24, 2.45) is 0 Å². The Kier molecular flexibility index (Phi) is 6.26. The fourth-order valence-corrected chi connectivity index (χ4v) is 3.50. The summed E-state index contributed by atoms with van der Waals surface area (Å²) in [6.07, 6.45) is 0. The predicted octanol–water partition coefficient (Wildman–Crippen LogP) is 2.88. The molecule has 0 radical (unpaired) electrons. The van der Waals surface area contributed by atoms with Gasteiger partial charge in [-0.15, -0.1) is 0 Å². The van der Waals surface area contributed by atoms with E-state index in [4.69, 9.17) is 4.74 Å². The number of hydrogen-bond donors (Lipinski definition) is 2. The average molecular weight is 381 g/mol. The molecule has 0 fully saturated rings. The summed E-state index contributed by atoms with van der Waals surface area (Å²) in [5.41, 5.74) is 1.92. The van der Waals surface area contributed by atoms with Crippen LogP contribution >= 0.6 is 0 Å². The Hall–Kier alpha value is -2.92. The van der Waals surface area contributed by atoms with Crippen molar-refractivity contribution < 1.29 is 18.8 Å². The third-order valence-electron chi connectivity index (χ3n) is 4.85. The lowest BCUT2D eigenvalue weighted by atomic mass is 10.00. The number of carbonyl (C=O) groups is 1. The fourth-order valence-electron chi connectivity index (χ4n) is 3.50. The number of amides is 1. The van der Waals surface area contributed by atoms with Crippen LogP contribution in [-0.4, -0.2) is 26.6 Å². The summed E-state index contributed by atoms with van der Waals surface area (Å²) >= 11 is 0. The highest BCUT2D eigenvalue weighted by Gasteiger charge is 2.16. The molecule has 0 aromatic heterocycles. The lowest BCUT2D eigenvalue weighted by Crippen LogP contribution is -3.08. The van der Waals surface area contributed by atoms with Gasteiger partial charge in [0, 0.05) is 5.56 Å². The van der Waals surface area contributed by atoms with E-state index in [2.05, 4.69) is 23.5 Å². The van der Waals surface area contributed by atoms with Crippen LogP contribution in [0.15, 0.2) is 60.7 Å². The number of halogens is 1. The average Bonchev–Trinajstić information content (AvgIpc) is 2.67. The molecule has 0 saturated carbocycles. The van der Waals surface area contributed by atoms with Gasteiger partial charge >= 0.3 is 0 Å². The van der Waals surface area contributed by atoms with Crippen molar-refractivity contribution in [3.63, 3.8) is 0 Å². The largest absolute Gasteiger partial charge is 0.494 e. The van der Waals surface area contributed by atoms with E-state index in [0.717, 1.165) is 26.8 Å². The molecular weight excluding hydrogens is 355 g/mol. The Morgan fingerprint density at radius 3 is 2.64 bits per heavy atom. The molecule has 0 aliphatic heterocycles. The van der Waals surface area contributed by atoms with Crippen molar-refractivity contribution in [3.05, 3.63) is 77.6 Å². The zero-order valence-electron chi connectivity index (χ0n) is 16.5. The number of rotatable bonds is 7. The Morgan fingerprint density at radius 2 is 1.89 bits per heavy atom. The van der Waals surface area contributed by atoms with Crippen LogP contribution in [0.25, 0.3) is 10.8 Å². The third-order valence-corrected chi connectivity index (χ3v) is 4.85. The number of hydrogen-bond acceptors (Lipinski definition) is 2. The summed E-state index contributed by atoms with van der Waals surface area (Å²) in [6, 6.07) is 19.1. The first-order valence-electron chi connectivity index (χ1n) is 9.38. The second kappa shape index (κ2) is 8.85. The molecule has 146 valence electrons. The molecule has 3 rings (SSSR count). The summed E-state index contributed by atoms with van der Waals surface area (Å²) in [5, 5.41) is 5.38. The first-order chi connectivity index (χ1) is 13.5. The van der Waals surface area contributed by atoms with Crippen molar-refractivity contribution in [3.8, 4) is 5.75 Å². The maximum absolute atomic E-state index is 13.8. The van der Waals surface area contributed by atoms with E-state index in [-0.39, 0.29) is 23.5 Å². The molecule has 0 bridgehead atoms. The molecule has 1 unspecified atom stereocenters. The SMILES string of the molecule is COc1ccc(C[NH+](C)CC(=O)N[C@H](C)c2cccc3ccccc23)cc1F. The highest BCUT2D eigenvalue weighted by atomic mass is 19.1. The highest BCUT2D eigenvalue weighted by Crippen LogP contribution is 2.23. The predicted molar refractivity (Wildman–Crippen MR) is 109 cm³/mol. The lowest BCUT2D eigenvalue weighted by molar-refractivity contribution is -0.885. The molecule has 2 N–H and O–H groups in total. The number of fused-ring (bicyclic) bond motifs is 1. The van der Waals surface area contributed by atoms with Gasteiger partial charge in [0.1, 0.15) is 6.54 Å². The summed E-state index contributed by atoms with van der Waals surface area (Å²) in [5.74, 6) is -0.197. The van der Waals surface area contributed by atoms with E-state index in [9.17, 15) is 9.18 Å². The molecule has 28 heavy (non-hydrogen) atoms. The van der Waals surface area contributed by atoms with Gasteiger partial charge in [0.05, 0.1) is 20.2 Å². The quantitative estimate of drug-likeness (QED) is 0.661. The smallest absolute Gasteiger partial charge is 0.275 e. The van der Waals surface area contributed by atoms with Crippen LogP contribution in [0.3, 0.4) is 0 Å². The van der Waals surface area contributed by atoms with Crippen LogP contribution in [0.5, 0.6) is 5.75 Å². The van der Waals surface area contributed by atoms with Crippen molar-refractivity contribution in [1.82, 2.24) is 5.32 Å². The molecule has 0 aliphatic rings. The molecule has 4 nitrogen and oxygen atoms in total. The number of benzene rings is 3. The molecule has 0 saturated heterocycles. The number of ether oxygens (including phenoxy) is 1. The van der Waals surface area contributed by atoms with E-state index in [0.29, 0.717) is 13.1 Å². The van der Waals surface area contributed by atoms with Gasteiger partial charge < -0.3 is 15.0 Å². The van der Waals surface area contributed by atoms with E-state index in [1.54, 1.807) is 6.07 Å². The maximum Gasteiger partial charge on any atom is 0.275 e. The van der Waals surface area contributed by atoms with Gasteiger partial charge in [-0.1, -0.05) is 42.5 Å². The molecule has 0 aliphatic carbocycles. The highest BCUT2D eigenvalue weighted by molar-refractivity contribution is 5.87. The molecule has 3 aromatic rings. The fraction of sp³-hybridized carbons (Fsp3) is 0.261. The number of quaternary nitrogens is 1. The molecule has 2 atom stereocenters. The summed E-state index contributed by atoms with van der Waals surface area (Å²) in [6.45, 7) is 2.85. The van der Waals surface area contributed by atoms with Gasteiger partial charge in [-0.3, -0.25) is 4.79 Å². The monoisotopic (exact) mass is 381 g/mol. The Labute approximate surface area is 164 Å². The standard InChI is InChI=1S/C23H25FN2O2/c1-16(19-10-6-8-18-7-4-5-9-20(18)19)25-23(27)15-26(2)14-17-11-12-22(28-3)21(24)13-17/h4-13,16H,14-15H2,1-3H3,(H,25,27)/p+1/t16-/m1/s1. The van der Waals surface area contributed by atoms with Crippen molar-refractivity contribution in [2.45, 2.75) is 19.5 Å². The molecular formula is C23H26FN2O2+. The second-order valence-corrected chi connectivity index (χ2v) is 7.14. The van der Waals surface area contributed by atoms with E-state index in [1.807, 2.05) is 44.3 Å². The van der Waals surface area contributed by atoms with Crippen molar-refractivity contribution >= 4 is 16.7 Å². The Bertz CT molecular complexity index is 968. The van der Waals surface area contributed by atoms with E-state index >= 15 is 0 Å². The van der Waals surface area contributed by atoms with Gasteiger partial charge in [-0.25, -0.2) is 4.39 Å². The van der Waals surface area contributed by atoms with Crippen LogP contribution in [0.2, 0.25) is 0 Å². The lowest BCUT2D eigenvalue weighted by Gasteiger charge is -2.19. The minimum Gasteiger partial charge on any atom is -0.494 e. The number of nitrogens with one attached hydrogen (secondary N) is 2. The Balaban J connectivity index is 1.60. The van der Waals surface area contributed by atoms with Gasteiger partial charge in [0.2, 0.25) is 0 Å². The second-order valence-electron chi connectivity index (χ2n) is 7.14. The number of methoxy groups -OCH3 is 1. The van der Waals surface area contributed by atoms with Gasteiger partial charge in [-0.2, -0.15) is 0 Å². The summed E-state index contributed by atoms with van der Waals surface area (Å²) in [4.78, 5) is 13.5. The van der Waals surface area contributed by atoms with Gasteiger partial charge in [0.15, 0.2) is 18.1 Å². The van der Waals surface area contributed by atoms with Gasteiger partial charge in [-0.05, 0) is 41.5 Å². The summed E-state index contributed by atoms with van der Waals surface area (Å²) in [7, 11) is 3.36. The molecule has 5 heteroatoms. The number of carbonyl (C=O) groups excluding carboxylic acids is 1. The van der Waals surface area contributed by atoms with E-state index < -0.39 is 0 Å².